The molecule has 0 heterocycles. The van der Waals surface area contributed by atoms with Crippen LogP contribution in [0.4, 0.5) is 8.78 Å². The maximum atomic E-state index is 13.1. The lowest BCUT2D eigenvalue weighted by Crippen LogP contribution is -2.25. The van der Waals surface area contributed by atoms with Crippen LogP contribution < -0.4 is 10.5 Å². The zero-order valence-electron chi connectivity index (χ0n) is 8.18. The summed E-state index contributed by atoms with van der Waals surface area (Å²) in [6.07, 6.45) is 0. The number of methoxy groups -OCH3 is 1. The Balaban J connectivity index is 3.08. The van der Waals surface area contributed by atoms with Crippen molar-refractivity contribution in [2.45, 2.75) is 12.8 Å². The van der Waals surface area contributed by atoms with Gasteiger partial charge in [0.1, 0.15) is 5.75 Å². The Kier molecular flexibility index (Phi) is 3.06. The molecule has 0 radical (unpaired) electrons. The van der Waals surface area contributed by atoms with Gasteiger partial charge in [0.05, 0.1) is 13.7 Å². The Hall–Kier alpha value is -1.16. The van der Waals surface area contributed by atoms with E-state index in [9.17, 15) is 8.78 Å². The van der Waals surface area contributed by atoms with E-state index in [1.54, 1.807) is 6.92 Å². The molecule has 1 rings (SSSR count). The third kappa shape index (κ3) is 2.01. The van der Waals surface area contributed by atoms with Crippen LogP contribution in [-0.4, -0.2) is 13.7 Å². The largest absolute Gasteiger partial charge is 0.496 e. The molecule has 4 heteroatoms. The summed E-state index contributed by atoms with van der Waals surface area (Å²) in [7, 11) is 1.50. The first-order chi connectivity index (χ1) is 6.51. The van der Waals surface area contributed by atoms with E-state index >= 15 is 0 Å². The molecule has 0 unspecified atom stereocenters. The van der Waals surface area contributed by atoms with Crippen molar-refractivity contribution < 1.29 is 13.5 Å². The molecule has 14 heavy (non-hydrogen) atoms. The van der Waals surface area contributed by atoms with Gasteiger partial charge in [0.25, 0.3) is 5.92 Å². The molecule has 1 aromatic rings. The minimum absolute atomic E-state index is 0.0710. The van der Waals surface area contributed by atoms with Crippen LogP contribution in [0.5, 0.6) is 5.75 Å². The van der Waals surface area contributed by atoms with E-state index in [0.29, 0.717) is 11.3 Å². The molecular weight excluding hydrogens is 188 g/mol. The molecule has 0 saturated heterocycles. The van der Waals surface area contributed by atoms with E-state index in [0.717, 1.165) is 0 Å². The quantitative estimate of drug-likeness (QED) is 0.812. The van der Waals surface area contributed by atoms with E-state index in [4.69, 9.17) is 10.5 Å². The number of benzene rings is 1. The number of alkyl halides is 2. The third-order valence-electron chi connectivity index (χ3n) is 2.07. The van der Waals surface area contributed by atoms with Crippen molar-refractivity contribution in [3.63, 3.8) is 0 Å². The maximum Gasteiger partial charge on any atom is 0.285 e. The first-order valence-electron chi connectivity index (χ1n) is 4.24. The van der Waals surface area contributed by atoms with Crippen LogP contribution >= 0.6 is 0 Å². The van der Waals surface area contributed by atoms with Crippen molar-refractivity contribution >= 4 is 0 Å². The van der Waals surface area contributed by atoms with Gasteiger partial charge in [-0.25, -0.2) is 0 Å². The lowest BCUT2D eigenvalue weighted by molar-refractivity contribution is 0.00586. The lowest BCUT2D eigenvalue weighted by Gasteiger charge is -2.15. The van der Waals surface area contributed by atoms with Gasteiger partial charge < -0.3 is 10.5 Å². The highest BCUT2D eigenvalue weighted by molar-refractivity contribution is 5.37. The van der Waals surface area contributed by atoms with Crippen LogP contribution in [0.2, 0.25) is 0 Å². The van der Waals surface area contributed by atoms with Crippen LogP contribution in [0.3, 0.4) is 0 Å². The summed E-state index contributed by atoms with van der Waals surface area (Å²) in [5.74, 6) is -2.36. The molecule has 2 N–H and O–H groups in total. The first-order valence-corrected chi connectivity index (χ1v) is 4.24. The smallest absolute Gasteiger partial charge is 0.285 e. The molecule has 1 aromatic carbocycles. The van der Waals surface area contributed by atoms with Gasteiger partial charge in [0, 0.05) is 5.56 Å². The van der Waals surface area contributed by atoms with Gasteiger partial charge in [-0.15, -0.1) is 0 Å². The molecule has 0 bridgehead atoms. The van der Waals surface area contributed by atoms with E-state index in [1.165, 1.54) is 25.3 Å². The molecule has 0 fully saturated rings. The van der Waals surface area contributed by atoms with Gasteiger partial charge in [-0.05, 0) is 30.7 Å². The highest BCUT2D eigenvalue weighted by atomic mass is 19.3. The highest BCUT2D eigenvalue weighted by Gasteiger charge is 2.29. The second kappa shape index (κ2) is 3.92. The van der Waals surface area contributed by atoms with Crippen molar-refractivity contribution in [1.82, 2.24) is 0 Å². The highest BCUT2D eigenvalue weighted by Crippen LogP contribution is 2.29. The zero-order chi connectivity index (χ0) is 10.8. The topological polar surface area (TPSA) is 35.2 Å². The molecule has 2 nitrogen and oxygen atoms in total. The van der Waals surface area contributed by atoms with Crippen molar-refractivity contribution in [2.75, 3.05) is 13.7 Å². The molecule has 0 spiro atoms. The fourth-order valence-electron chi connectivity index (χ4n) is 1.22. The van der Waals surface area contributed by atoms with Crippen molar-refractivity contribution in [3.05, 3.63) is 29.3 Å². The number of hydrogen-bond acceptors (Lipinski definition) is 2. The molecule has 78 valence electrons. The zero-order valence-corrected chi connectivity index (χ0v) is 8.18. The predicted octanol–water partition coefficient (Wildman–Crippen LogP) is 2.05. The van der Waals surface area contributed by atoms with Crippen LogP contribution in [0, 0.1) is 6.92 Å². The van der Waals surface area contributed by atoms with Crippen LogP contribution in [0.25, 0.3) is 0 Å². The summed E-state index contributed by atoms with van der Waals surface area (Å²) in [6.45, 7) is 1.04. The fraction of sp³-hybridized carbons (Fsp3) is 0.400. The fourth-order valence-corrected chi connectivity index (χ4v) is 1.22. The Morgan fingerprint density at radius 2 is 2.07 bits per heavy atom. The number of ether oxygens (including phenoxy) is 1. The van der Waals surface area contributed by atoms with E-state index in [-0.39, 0.29) is 5.56 Å². The summed E-state index contributed by atoms with van der Waals surface area (Å²) in [4.78, 5) is 0. The Morgan fingerprint density at radius 3 is 2.50 bits per heavy atom. The lowest BCUT2D eigenvalue weighted by atomic mass is 10.1. The molecule has 0 atom stereocenters. The van der Waals surface area contributed by atoms with Crippen molar-refractivity contribution in [2.24, 2.45) is 5.73 Å². The Labute approximate surface area is 81.7 Å². The average Bonchev–Trinajstić information content (AvgIpc) is 2.17. The standard InChI is InChI=1S/C10H13F2NO/c1-7-5-8(10(11,12)6-13)3-4-9(7)14-2/h3-5H,6,13H2,1-2H3. The molecule has 0 aliphatic rings. The predicted molar refractivity (Wildman–Crippen MR) is 50.7 cm³/mol. The average molecular weight is 201 g/mol. The van der Waals surface area contributed by atoms with Crippen molar-refractivity contribution in [1.29, 1.82) is 0 Å². The van der Waals surface area contributed by atoms with Crippen LogP contribution in [0.15, 0.2) is 18.2 Å². The number of halogens is 2. The third-order valence-corrected chi connectivity index (χ3v) is 2.07. The van der Waals surface area contributed by atoms with Gasteiger partial charge in [-0.2, -0.15) is 8.78 Å². The van der Waals surface area contributed by atoms with Gasteiger partial charge >= 0.3 is 0 Å². The minimum atomic E-state index is -2.96. The Bertz CT molecular complexity index is 326. The molecule has 0 aliphatic heterocycles. The normalized spacial score (nSPS) is 11.5. The summed E-state index contributed by atoms with van der Waals surface area (Å²) >= 11 is 0. The SMILES string of the molecule is COc1ccc(C(F)(F)CN)cc1C. The maximum absolute atomic E-state index is 13.1. The second-order valence-electron chi connectivity index (χ2n) is 3.09. The first kappa shape index (κ1) is 10.9. The molecule has 0 aliphatic carbocycles. The van der Waals surface area contributed by atoms with E-state index < -0.39 is 12.5 Å². The Morgan fingerprint density at radius 1 is 1.43 bits per heavy atom. The van der Waals surface area contributed by atoms with Crippen molar-refractivity contribution in [3.8, 4) is 5.75 Å². The summed E-state index contributed by atoms with van der Waals surface area (Å²) < 4.78 is 31.2. The minimum Gasteiger partial charge on any atom is -0.496 e. The summed E-state index contributed by atoms with van der Waals surface area (Å²) in [6, 6.07) is 4.25. The number of rotatable bonds is 3. The van der Waals surface area contributed by atoms with Gasteiger partial charge in [0.2, 0.25) is 0 Å². The number of aryl methyl sites for hydroxylation is 1. The molecule has 0 saturated carbocycles. The van der Waals surface area contributed by atoms with Crippen LogP contribution in [-0.2, 0) is 5.92 Å². The number of nitrogens with two attached hydrogens (primary N) is 1. The summed E-state index contributed by atoms with van der Waals surface area (Å²) in [5, 5.41) is 0. The van der Waals surface area contributed by atoms with Gasteiger partial charge in [0.15, 0.2) is 0 Å². The molecule has 0 aromatic heterocycles. The monoisotopic (exact) mass is 201 g/mol. The molecule has 0 amide bonds. The number of hydrogen-bond donors (Lipinski definition) is 1. The van der Waals surface area contributed by atoms with Crippen LogP contribution in [0.1, 0.15) is 11.1 Å². The molecular formula is C10H13F2NO. The van der Waals surface area contributed by atoms with Gasteiger partial charge in [-0.1, -0.05) is 0 Å². The van der Waals surface area contributed by atoms with E-state index in [2.05, 4.69) is 0 Å². The second-order valence-corrected chi connectivity index (χ2v) is 3.09. The van der Waals surface area contributed by atoms with Gasteiger partial charge in [-0.3, -0.25) is 0 Å². The summed E-state index contributed by atoms with van der Waals surface area (Å²) in [5.41, 5.74) is 5.59. The van der Waals surface area contributed by atoms with E-state index in [1.807, 2.05) is 0 Å².